The first kappa shape index (κ1) is 25.7. The van der Waals surface area contributed by atoms with Crippen molar-refractivity contribution in [3.05, 3.63) is 30.3 Å². The van der Waals surface area contributed by atoms with E-state index in [2.05, 4.69) is 0 Å². The van der Waals surface area contributed by atoms with Gasteiger partial charge in [0.15, 0.2) is 0 Å². The number of aliphatic hydroxyl groups excluding tert-OH is 1. The molecule has 0 saturated carbocycles. The molecule has 31 heavy (non-hydrogen) atoms. The van der Waals surface area contributed by atoms with Crippen LogP contribution < -0.4 is 0 Å². The van der Waals surface area contributed by atoms with Crippen molar-refractivity contribution in [2.75, 3.05) is 47.1 Å². The predicted molar refractivity (Wildman–Crippen MR) is 118 cm³/mol. The van der Waals surface area contributed by atoms with Crippen molar-refractivity contribution in [1.29, 1.82) is 0 Å². The second kappa shape index (κ2) is 11.9. The number of likely N-dealkylation sites (N-methyl/N-ethyl adjacent to an activating group) is 1. The highest BCUT2D eigenvalue weighted by molar-refractivity contribution is 7.89. The van der Waals surface area contributed by atoms with E-state index in [4.69, 9.17) is 9.47 Å². The van der Waals surface area contributed by atoms with E-state index in [0.29, 0.717) is 32.6 Å². The van der Waals surface area contributed by atoms with Crippen molar-refractivity contribution >= 4 is 15.9 Å². The van der Waals surface area contributed by atoms with E-state index in [-0.39, 0.29) is 41.9 Å². The van der Waals surface area contributed by atoms with Crippen molar-refractivity contribution in [1.82, 2.24) is 9.21 Å². The highest BCUT2D eigenvalue weighted by Gasteiger charge is 2.33. The number of carbonyl (C=O) groups excluding carboxylic acids is 1. The molecule has 0 unspecified atom stereocenters. The molecule has 0 radical (unpaired) electrons. The lowest BCUT2D eigenvalue weighted by Gasteiger charge is -2.34. The van der Waals surface area contributed by atoms with E-state index in [1.807, 2.05) is 6.92 Å². The molecular formula is C22H36N2O6S. The number of ether oxygens (including phenoxy) is 2. The van der Waals surface area contributed by atoms with Gasteiger partial charge in [0, 0.05) is 52.4 Å². The Labute approximate surface area is 186 Å². The van der Waals surface area contributed by atoms with Gasteiger partial charge in [-0.25, -0.2) is 8.42 Å². The molecule has 2 rings (SSSR count). The predicted octanol–water partition coefficient (Wildman–Crippen LogP) is 1.59. The molecule has 8 nitrogen and oxygen atoms in total. The van der Waals surface area contributed by atoms with Crippen LogP contribution in [0.25, 0.3) is 0 Å². The molecule has 1 aliphatic heterocycles. The van der Waals surface area contributed by atoms with E-state index in [1.165, 1.54) is 4.31 Å². The number of benzene rings is 1. The van der Waals surface area contributed by atoms with Crippen LogP contribution in [0.1, 0.15) is 26.7 Å². The Balaban J connectivity index is 2.11. The molecule has 1 fully saturated rings. The summed E-state index contributed by atoms with van der Waals surface area (Å²) in [6.45, 7) is 5.00. The maximum absolute atomic E-state index is 13.2. The minimum atomic E-state index is -3.79. The summed E-state index contributed by atoms with van der Waals surface area (Å²) in [6, 6.07) is 7.61. The molecule has 1 aromatic rings. The Morgan fingerprint density at radius 3 is 2.35 bits per heavy atom. The fourth-order valence-corrected chi connectivity index (χ4v) is 5.58. The smallest absolute Gasteiger partial charge is 0.243 e. The fraction of sp³-hybridized carbons (Fsp3) is 0.682. The first-order valence-corrected chi connectivity index (χ1v) is 12.2. The van der Waals surface area contributed by atoms with Gasteiger partial charge in [0.1, 0.15) is 0 Å². The van der Waals surface area contributed by atoms with Crippen LogP contribution in [0.5, 0.6) is 0 Å². The van der Waals surface area contributed by atoms with Gasteiger partial charge in [0.2, 0.25) is 15.9 Å². The van der Waals surface area contributed by atoms with Crippen LogP contribution in [0.2, 0.25) is 0 Å². The maximum Gasteiger partial charge on any atom is 0.243 e. The van der Waals surface area contributed by atoms with Crippen molar-refractivity contribution in [3.63, 3.8) is 0 Å². The third-order valence-corrected chi connectivity index (χ3v) is 7.91. The summed E-state index contributed by atoms with van der Waals surface area (Å²) in [5.74, 6) is -0.187. The minimum absolute atomic E-state index is 0.0454. The number of nitrogens with zero attached hydrogens (tertiary/aromatic N) is 2. The van der Waals surface area contributed by atoms with E-state index in [0.717, 1.165) is 0 Å². The molecule has 9 heteroatoms. The number of aliphatic hydroxyl groups is 1. The SMILES string of the molecule is CO[C@H](CN(C)C(=O)C1CCOCC1)[C@@H](C)CN([C@@H](C)CO)S(=O)(=O)c1ccccc1. The first-order chi connectivity index (χ1) is 14.7. The number of hydrogen-bond acceptors (Lipinski definition) is 6. The van der Waals surface area contributed by atoms with Gasteiger partial charge < -0.3 is 19.5 Å². The second-order valence-electron chi connectivity index (χ2n) is 8.28. The summed E-state index contributed by atoms with van der Waals surface area (Å²) >= 11 is 0. The Bertz CT molecular complexity index is 782. The van der Waals surface area contributed by atoms with Crippen LogP contribution in [0.4, 0.5) is 0 Å². The summed E-state index contributed by atoms with van der Waals surface area (Å²) in [5.41, 5.74) is 0. The van der Waals surface area contributed by atoms with Crippen LogP contribution >= 0.6 is 0 Å². The highest BCUT2D eigenvalue weighted by atomic mass is 32.2. The largest absolute Gasteiger partial charge is 0.395 e. The Hall–Kier alpha value is -1.52. The third kappa shape index (κ3) is 6.73. The molecule has 0 aliphatic carbocycles. The molecule has 1 heterocycles. The molecule has 176 valence electrons. The lowest BCUT2D eigenvalue weighted by Crippen LogP contribution is -2.48. The van der Waals surface area contributed by atoms with Gasteiger partial charge in [-0.05, 0) is 37.8 Å². The minimum Gasteiger partial charge on any atom is -0.395 e. The number of sulfonamides is 1. The average Bonchev–Trinajstić information content (AvgIpc) is 2.80. The van der Waals surface area contributed by atoms with Gasteiger partial charge in [-0.1, -0.05) is 25.1 Å². The lowest BCUT2D eigenvalue weighted by atomic mass is 9.98. The zero-order chi connectivity index (χ0) is 23.0. The van der Waals surface area contributed by atoms with Gasteiger partial charge in [-0.2, -0.15) is 4.31 Å². The number of rotatable bonds is 11. The van der Waals surface area contributed by atoms with Crippen molar-refractivity contribution in [3.8, 4) is 0 Å². The molecule has 0 spiro atoms. The number of amides is 1. The van der Waals surface area contributed by atoms with Crippen molar-refractivity contribution in [2.45, 2.75) is 43.7 Å². The third-order valence-electron chi connectivity index (χ3n) is 5.91. The van der Waals surface area contributed by atoms with E-state index in [1.54, 1.807) is 56.3 Å². The first-order valence-electron chi connectivity index (χ1n) is 10.8. The Morgan fingerprint density at radius 2 is 1.81 bits per heavy atom. The summed E-state index contributed by atoms with van der Waals surface area (Å²) in [7, 11) is -0.464. The zero-order valence-corrected chi connectivity index (χ0v) is 19.8. The summed E-state index contributed by atoms with van der Waals surface area (Å²) in [6.07, 6.45) is 1.08. The van der Waals surface area contributed by atoms with E-state index >= 15 is 0 Å². The Kier molecular flexibility index (Phi) is 9.90. The quantitative estimate of drug-likeness (QED) is 0.543. The monoisotopic (exact) mass is 456 g/mol. The summed E-state index contributed by atoms with van der Waals surface area (Å²) < 4.78 is 38.7. The average molecular weight is 457 g/mol. The molecule has 1 aliphatic rings. The number of hydrogen-bond donors (Lipinski definition) is 1. The van der Waals surface area contributed by atoms with Gasteiger partial charge >= 0.3 is 0 Å². The van der Waals surface area contributed by atoms with Crippen LogP contribution in [0.15, 0.2) is 35.2 Å². The van der Waals surface area contributed by atoms with E-state index in [9.17, 15) is 18.3 Å². The molecule has 1 saturated heterocycles. The summed E-state index contributed by atoms with van der Waals surface area (Å²) in [4.78, 5) is 14.6. The van der Waals surface area contributed by atoms with Gasteiger partial charge in [-0.3, -0.25) is 4.79 Å². The van der Waals surface area contributed by atoms with E-state index < -0.39 is 16.1 Å². The summed E-state index contributed by atoms with van der Waals surface area (Å²) in [5, 5.41) is 9.69. The standard InChI is InChI=1S/C22H36N2O6S/c1-17(21(29-4)15-23(3)22(26)19-10-12-30-13-11-19)14-24(18(2)16-25)31(27,28)20-8-6-5-7-9-20/h5-9,17-19,21,25H,10-16H2,1-4H3/t17-,18-,21+/m0/s1. The van der Waals surface area contributed by atoms with Crippen LogP contribution in [0.3, 0.4) is 0 Å². The molecular weight excluding hydrogens is 420 g/mol. The Morgan fingerprint density at radius 1 is 1.19 bits per heavy atom. The lowest BCUT2D eigenvalue weighted by molar-refractivity contribution is -0.139. The van der Waals surface area contributed by atoms with Gasteiger partial charge in [0.05, 0.1) is 17.6 Å². The zero-order valence-electron chi connectivity index (χ0n) is 18.9. The van der Waals surface area contributed by atoms with Gasteiger partial charge in [0.25, 0.3) is 0 Å². The fourth-order valence-electron chi connectivity index (χ4n) is 3.84. The van der Waals surface area contributed by atoms with Crippen LogP contribution in [-0.4, -0.2) is 87.9 Å². The topological polar surface area (TPSA) is 96.4 Å². The molecule has 1 N–H and O–H groups in total. The maximum atomic E-state index is 13.2. The second-order valence-corrected chi connectivity index (χ2v) is 10.2. The molecule has 1 aromatic carbocycles. The van der Waals surface area contributed by atoms with Crippen molar-refractivity contribution in [2.24, 2.45) is 11.8 Å². The molecule has 3 atom stereocenters. The van der Waals surface area contributed by atoms with Crippen LogP contribution in [-0.2, 0) is 24.3 Å². The number of carbonyl (C=O) groups is 1. The normalized spacial score (nSPS) is 18.5. The molecule has 0 aromatic heterocycles. The molecule has 0 bridgehead atoms. The van der Waals surface area contributed by atoms with Crippen molar-refractivity contribution < 1.29 is 27.8 Å². The van der Waals surface area contributed by atoms with Crippen LogP contribution in [0, 0.1) is 11.8 Å². The number of methoxy groups -OCH3 is 1. The molecule has 1 amide bonds. The highest BCUT2D eigenvalue weighted by Crippen LogP contribution is 2.23. The van der Waals surface area contributed by atoms with Gasteiger partial charge in [-0.15, -0.1) is 0 Å².